The molecule has 1 aromatic carbocycles. The highest BCUT2D eigenvalue weighted by Gasteiger charge is 2.30. The number of esters is 1. The molecule has 1 N–H and O–H groups in total. The van der Waals surface area contributed by atoms with E-state index < -0.39 is 28.5 Å². The van der Waals surface area contributed by atoms with E-state index in [4.69, 9.17) is 0 Å². The second-order valence-electron chi connectivity index (χ2n) is 5.50. The summed E-state index contributed by atoms with van der Waals surface area (Å²) in [5.41, 5.74) is -1.17. The van der Waals surface area contributed by atoms with Gasteiger partial charge in [-0.15, -0.1) is 0 Å². The lowest BCUT2D eigenvalue weighted by Crippen LogP contribution is -2.17. The molecular formula is C16H13F3N4O3S. The maximum absolute atomic E-state index is 13.0. The highest BCUT2D eigenvalue weighted by atomic mass is 32.2. The van der Waals surface area contributed by atoms with Crippen LogP contribution in [0.3, 0.4) is 0 Å². The smallest absolute Gasteiger partial charge is 0.416 e. The van der Waals surface area contributed by atoms with Gasteiger partial charge < -0.3 is 9.72 Å². The summed E-state index contributed by atoms with van der Waals surface area (Å²) in [5.74, 6) is -0.505. The molecule has 0 saturated carbocycles. The van der Waals surface area contributed by atoms with Gasteiger partial charge in [-0.1, -0.05) is 17.8 Å². The van der Waals surface area contributed by atoms with Crippen molar-refractivity contribution < 1.29 is 22.7 Å². The fourth-order valence-electron chi connectivity index (χ4n) is 2.34. The van der Waals surface area contributed by atoms with Crippen LogP contribution < -0.4 is 5.56 Å². The number of halogens is 3. The van der Waals surface area contributed by atoms with Crippen molar-refractivity contribution in [1.29, 1.82) is 0 Å². The van der Waals surface area contributed by atoms with E-state index in [0.717, 1.165) is 28.6 Å². The minimum Gasteiger partial charge on any atom is -0.468 e. The number of rotatable bonds is 4. The summed E-state index contributed by atoms with van der Waals surface area (Å²) < 4.78 is 44.6. The number of alkyl halides is 3. The molecule has 0 radical (unpaired) electrons. The summed E-state index contributed by atoms with van der Waals surface area (Å²) in [4.78, 5) is 30.5. The van der Waals surface area contributed by atoms with Gasteiger partial charge >= 0.3 is 12.1 Å². The summed E-state index contributed by atoms with van der Waals surface area (Å²) in [7, 11) is 1.24. The van der Waals surface area contributed by atoms with E-state index in [0.29, 0.717) is 0 Å². The molecule has 0 saturated heterocycles. The van der Waals surface area contributed by atoms with Gasteiger partial charge in [0.2, 0.25) is 0 Å². The van der Waals surface area contributed by atoms with Gasteiger partial charge in [-0.2, -0.15) is 18.3 Å². The van der Waals surface area contributed by atoms with E-state index >= 15 is 0 Å². The first-order chi connectivity index (χ1) is 12.7. The van der Waals surface area contributed by atoms with E-state index in [2.05, 4.69) is 19.8 Å². The quantitative estimate of drug-likeness (QED) is 0.413. The molecule has 0 fully saturated rings. The number of hydrogen-bond donors (Lipinski definition) is 1. The Morgan fingerprint density at radius 2 is 2.11 bits per heavy atom. The number of carbonyl (C=O) groups excluding carboxylic acids is 1. The summed E-state index contributed by atoms with van der Waals surface area (Å²) in [5, 5.41) is 3.59. The number of nitrogens with one attached hydrogen (secondary N) is 1. The maximum atomic E-state index is 13.0. The van der Waals surface area contributed by atoms with E-state index in [1.54, 1.807) is 6.92 Å². The van der Waals surface area contributed by atoms with E-state index in [9.17, 15) is 22.8 Å². The average Bonchev–Trinajstić information content (AvgIpc) is 3.04. The number of hydrogen-bond acceptors (Lipinski definition) is 6. The largest absolute Gasteiger partial charge is 0.468 e. The van der Waals surface area contributed by atoms with Gasteiger partial charge in [0.1, 0.15) is 10.6 Å². The number of H-pyrrole nitrogens is 1. The second kappa shape index (κ2) is 7.06. The molecule has 0 aliphatic carbocycles. The molecule has 142 valence electrons. The number of methoxy groups -OCH3 is 1. The number of fused-ring (bicyclic) bond motifs is 1. The Labute approximate surface area is 154 Å². The molecule has 7 nitrogen and oxygen atoms in total. The van der Waals surface area contributed by atoms with Gasteiger partial charge in [-0.05, 0) is 25.1 Å². The Bertz CT molecular complexity index is 1060. The molecule has 0 spiro atoms. The highest BCUT2D eigenvalue weighted by Crippen LogP contribution is 2.30. The summed E-state index contributed by atoms with van der Waals surface area (Å²) in [6, 6.07) is 4.52. The fraction of sp³-hybridized carbons (Fsp3) is 0.250. The van der Waals surface area contributed by atoms with Crippen LogP contribution in [0, 0.1) is 0 Å². The zero-order valence-electron chi connectivity index (χ0n) is 14.1. The van der Waals surface area contributed by atoms with E-state index in [1.807, 2.05) is 0 Å². The normalized spacial score (nSPS) is 12.9. The van der Waals surface area contributed by atoms with Gasteiger partial charge in [0.05, 0.1) is 24.6 Å². The van der Waals surface area contributed by atoms with Crippen LogP contribution in [0.2, 0.25) is 0 Å². The third kappa shape index (κ3) is 3.82. The first-order valence-electron chi connectivity index (χ1n) is 7.61. The molecule has 2 heterocycles. The van der Waals surface area contributed by atoms with Crippen LogP contribution in [0.1, 0.15) is 12.5 Å². The molecule has 0 bridgehead atoms. The Morgan fingerprint density at radius 3 is 2.78 bits per heavy atom. The zero-order chi connectivity index (χ0) is 19.8. The van der Waals surface area contributed by atoms with Crippen molar-refractivity contribution in [2.24, 2.45) is 0 Å². The summed E-state index contributed by atoms with van der Waals surface area (Å²) >= 11 is 0.958. The van der Waals surface area contributed by atoms with Crippen molar-refractivity contribution >= 4 is 28.8 Å². The number of benzene rings is 1. The minimum atomic E-state index is -4.51. The van der Waals surface area contributed by atoms with Gasteiger partial charge in [0, 0.05) is 0 Å². The predicted molar refractivity (Wildman–Crippen MR) is 91.8 cm³/mol. The first-order valence-corrected chi connectivity index (χ1v) is 8.49. The van der Waals surface area contributed by atoms with Crippen LogP contribution in [0.25, 0.3) is 16.7 Å². The van der Waals surface area contributed by atoms with Crippen LogP contribution in [-0.4, -0.2) is 38.1 Å². The molecule has 3 aromatic rings. The average molecular weight is 398 g/mol. The van der Waals surface area contributed by atoms with Crippen molar-refractivity contribution in [3.63, 3.8) is 0 Å². The van der Waals surface area contributed by atoms with Crippen molar-refractivity contribution in [3.05, 3.63) is 46.4 Å². The number of ether oxygens (including phenoxy) is 1. The van der Waals surface area contributed by atoms with Gasteiger partial charge in [-0.25, -0.2) is 9.67 Å². The summed E-state index contributed by atoms with van der Waals surface area (Å²) in [6.45, 7) is 1.57. The van der Waals surface area contributed by atoms with Crippen LogP contribution >= 0.6 is 11.8 Å². The van der Waals surface area contributed by atoms with Crippen LogP contribution in [0.5, 0.6) is 0 Å². The maximum Gasteiger partial charge on any atom is 0.416 e. The molecule has 0 aliphatic rings. The number of nitrogens with zero attached hydrogens (tertiary/aromatic N) is 3. The Hall–Kier alpha value is -2.82. The Balaban J connectivity index is 2.08. The predicted octanol–water partition coefficient (Wildman–Crippen LogP) is 2.78. The molecule has 2 aromatic heterocycles. The molecular weight excluding hydrogens is 385 g/mol. The lowest BCUT2D eigenvalue weighted by atomic mass is 10.2. The first kappa shape index (κ1) is 19.0. The molecule has 1 atom stereocenters. The number of thioether (sulfide) groups is 1. The third-order valence-electron chi connectivity index (χ3n) is 3.66. The SMILES string of the molecule is COC(=O)C(C)Sc1nc2c(cnn2-c2cccc(C(F)(F)F)c2)c(=O)[nH]1. The van der Waals surface area contributed by atoms with Crippen LogP contribution in [-0.2, 0) is 15.7 Å². The molecule has 0 aliphatic heterocycles. The molecule has 11 heteroatoms. The fourth-order valence-corrected chi connectivity index (χ4v) is 3.16. The third-order valence-corrected chi connectivity index (χ3v) is 4.62. The van der Waals surface area contributed by atoms with Crippen molar-refractivity contribution in [2.75, 3.05) is 7.11 Å². The lowest BCUT2D eigenvalue weighted by Gasteiger charge is -2.10. The Morgan fingerprint density at radius 1 is 1.37 bits per heavy atom. The number of aromatic amines is 1. The van der Waals surface area contributed by atoms with E-state index in [1.165, 1.54) is 25.4 Å². The topological polar surface area (TPSA) is 89.9 Å². The van der Waals surface area contributed by atoms with Gasteiger partial charge in [-0.3, -0.25) is 9.59 Å². The lowest BCUT2D eigenvalue weighted by molar-refractivity contribution is -0.139. The number of aromatic nitrogens is 4. The molecule has 1 unspecified atom stereocenters. The molecule has 27 heavy (non-hydrogen) atoms. The van der Waals surface area contributed by atoms with E-state index in [-0.39, 0.29) is 21.9 Å². The highest BCUT2D eigenvalue weighted by molar-refractivity contribution is 8.00. The van der Waals surface area contributed by atoms with Gasteiger partial charge in [0.15, 0.2) is 10.8 Å². The number of carbonyl (C=O) groups is 1. The van der Waals surface area contributed by atoms with Crippen molar-refractivity contribution in [2.45, 2.75) is 23.5 Å². The zero-order valence-corrected chi connectivity index (χ0v) is 14.9. The standard InChI is InChI=1S/C16H13F3N4O3S/c1-8(14(25)26-2)27-15-21-12-11(13(24)22-15)7-20-23(12)10-5-3-4-9(6-10)16(17,18)19/h3-8H,1-2H3,(H,21,22,24). The monoisotopic (exact) mass is 398 g/mol. The van der Waals surface area contributed by atoms with Gasteiger partial charge in [0.25, 0.3) is 5.56 Å². The van der Waals surface area contributed by atoms with Crippen LogP contribution in [0.15, 0.2) is 40.4 Å². The molecule has 3 rings (SSSR count). The molecule has 0 amide bonds. The Kier molecular flexibility index (Phi) is 4.96. The minimum absolute atomic E-state index is 0.0811. The van der Waals surface area contributed by atoms with Crippen molar-refractivity contribution in [1.82, 2.24) is 19.7 Å². The second-order valence-corrected chi connectivity index (χ2v) is 6.83. The van der Waals surface area contributed by atoms with Crippen LogP contribution in [0.4, 0.5) is 13.2 Å². The summed E-state index contributed by atoms with van der Waals surface area (Å²) in [6.07, 6.45) is -3.29. The van der Waals surface area contributed by atoms with Crippen molar-refractivity contribution in [3.8, 4) is 5.69 Å².